The minimum absolute atomic E-state index is 0.0531. The van der Waals surface area contributed by atoms with E-state index in [2.05, 4.69) is 65.9 Å². The fraction of sp³-hybridized carbons (Fsp3) is 0.444. The van der Waals surface area contributed by atoms with Gasteiger partial charge in [0.15, 0.2) is 0 Å². The Morgan fingerprint density at radius 3 is 2.48 bits per heavy atom. The van der Waals surface area contributed by atoms with Gasteiger partial charge in [0.25, 0.3) is 5.91 Å². The van der Waals surface area contributed by atoms with Crippen LogP contribution in [0.3, 0.4) is 0 Å². The Balaban J connectivity index is 1.47. The highest BCUT2D eigenvalue weighted by molar-refractivity contribution is 6.31. The number of fused-ring (bicyclic) bond motifs is 1. The quantitative estimate of drug-likeness (QED) is 0.170. The maximum atomic E-state index is 14.3. The van der Waals surface area contributed by atoms with Crippen LogP contribution in [0.5, 0.6) is 0 Å². The minimum Gasteiger partial charge on any atom is -0.328 e. The molecular formula is C36H45ClN4O. The highest BCUT2D eigenvalue weighted by Crippen LogP contribution is 2.34. The summed E-state index contributed by atoms with van der Waals surface area (Å²) < 4.78 is 2.28. The molecule has 42 heavy (non-hydrogen) atoms. The third-order valence-electron chi connectivity index (χ3n) is 8.62. The lowest BCUT2D eigenvalue weighted by atomic mass is 9.89. The van der Waals surface area contributed by atoms with Gasteiger partial charge in [-0.3, -0.25) is 4.79 Å². The summed E-state index contributed by atoms with van der Waals surface area (Å²) in [6.07, 6.45) is 7.65. The number of benzene rings is 3. The van der Waals surface area contributed by atoms with Gasteiger partial charge in [0.05, 0.1) is 17.1 Å². The molecule has 1 amide bonds. The number of amides is 1. The predicted molar refractivity (Wildman–Crippen MR) is 174 cm³/mol. The highest BCUT2D eigenvalue weighted by Gasteiger charge is 2.33. The van der Waals surface area contributed by atoms with Crippen LogP contribution in [0.25, 0.3) is 11.0 Å². The second-order valence-electron chi connectivity index (χ2n) is 12.3. The maximum Gasteiger partial charge on any atom is 0.254 e. The number of rotatable bonds is 12. The molecule has 1 aromatic heterocycles. The van der Waals surface area contributed by atoms with Gasteiger partial charge in [0.2, 0.25) is 0 Å². The Kier molecular flexibility index (Phi) is 10.4. The predicted octanol–water partition coefficient (Wildman–Crippen LogP) is 8.45. The molecule has 0 bridgehead atoms. The van der Waals surface area contributed by atoms with Gasteiger partial charge in [0, 0.05) is 23.7 Å². The van der Waals surface area contributed by atoms with Crippen LogP contribution >= 0.6 is 11.6 Å². The number of nitrogens with zero attached hydrogens (tertiary/aromatic N) is 3. The molecule has 0 aliphatic heterocycles. The molecule has 1 aliphatic carbocycles. The third kappa shape index (κ3) is 7.43. The number of nitrogens with one attached hydrogen (secondary N) is 1. The van der Waals surface area contributed by atoms with Crippen molar-refractivity contribution in [3.8, 4) is 0 Å². The molecular weight excluding hydrogens is 540 g/mol. The molecule has 0 spiro atoms. The van der Waals surface area contributed by atoms with Crippen LogP contribution in [0, 0.1) is 18.8 Å². The van der Waals surface area contributed by atoms with E-state index in [1.54, 1.807) is 0 Å². The van der Waals surface area contributed by atoms with E-state index in [1.807, 2.05) is 42.5 Å². The zero-order chi connectivity index (χ0) is 29.5. The Morgan fingerprint density at radius 2 is 1.76 bits per heavy atom. The van der Waals surface area contributed by atoms with Crippen LogP contribution in [0.2, 0.25) is 5.02 Å². The molecule has 1 fully saturated rings. The summed E-state index contributed by atoms with van der Waals surface area (Å²) in [6.45, 7) is 9.75. The molecule has 0 radical (unpaired) electrons. The average Bonchev–Trinajstić information content (AvgIpc) is 3.33. The van der Waals surface area contributed by atoms with Crippen molar-refractivity contribution in [3.63, 3.8) is 0 Å². The second kappa shape index (κ2) is 14.3. The minimum atomic E-state index is -0.202. The Labute approximate surface area is 256 Å². The SMILES string of the molecule is Cc1ccc(C(=O)N(CCCNCC2CCCCC2)C(c2nc3cc(Cl)ccc3n2Cc2ccccc2)C(C)C)cc1. The maximum absolute atomic E-state index is 14.3. The first-order valence-corrected chi connectivity index (χ1v) is 16.1. The zero-order valence-electron chi connectivity index (χ0n) is 25.4. The number of aromatic nitrogens is 2. The van der Waals surface area contributed by atoms with Crippen molar-refractivity contribution in [2.24, 2.45) is 11.8 Å². The molecule has 6 heteroatoms. The molecule has 1 heterocycles. The lowest BCUT2D eigenvalue weighted by Crippen LogP contribution is -2.40. The Bertz CT molecular complexity index is 1440. The van der Waals surface area contributed by atoms with E-state index >= 15 is 0 Å². The van der Waals surface area contributed by atoms with Crippen LogP contribution in [-0.2, 0) is 6.54 Å². The molecule has 1 aliphatic rings. The third-order valence-corrected chi connectivity index (χ3v) is 8.86. The summed E-state index contributed by atoms with van der Waals surface area (Å²) in [5.74, 6) is 1.90. The van der Waals surface area contributed by atoms with Gasteiger partial charge in [-0.15, -0.1) is 0 Å². The lowest BCUT2D eigenvalue weighted by molar-refractivity contribution is 0.0603. The van der Waals surface area contributed by atoms with Gasteiger partial charge in [-0.25, -0.2) is 4.98 Å². The lowest BCUT2D eigenvalue weighted by Gasteiger charge is -2.35. The standard InChI is InChI=1S/C36H45ClN4O/c1-26(2)34(35-39-32-23-31(37)19-20-33(32)41(35)25-29-13-8-5-9-14-29)40(36(42)30-17-15-27(3)16-18-30)22-10-21-38-24-28-11-6-4-7-12-28/h5,8-9,13-20,23,26,28,34,38H,4,6-7,10-12,21-22,24-25H2,1-3H3. The van der Waals surface area contributed by atoms with Crippen molar-refractivity contribution in [3.05, 3.63) is 100 Å². The molecule has 1 unspecified atom stereocenters. The molecule has 1 saturated carbocycles. The summed E-state index contributed by atoms with van der Waals surface area (Å²) in [5.41, 5.74) is 4.94. The van der Waals surface area contributed by atoms with Crippen molar-refractivity contribution < 1.29 is 4.79 Å². The normalized spacial score (nSPS) is 14.9. The number of hydrogen-bond donors (Lipinski definition) is 1. The van der Waals surface area contributed by atoms with Gasteiger partial charge in [-0.05, 0) is 87.0 Å². The number of imidazole rings is 1. The summed E-state index contributed by atoms with van der Waals surface area (Å²) in [6, 6.07) is 24.1. The first kappa shape index (κ1) is 30.3. The smallest absolute Gasteiger partial charge is 0.254 e. The van der Waals surface area contributed by atoms with Gasteiger partial charge >= 0.3 is 0 Å². The van der Waals surface area contributed by atoms with Crippen LogP contribution in [-0.4, -0.2) is 40.0 Å². The first-order valence-electron chi connectivity index (χ1n) is 15.7. The molecule has 1 N–H and O–H groups in total. The summed E-state index contributed by atoms with van der Waals surface area (Å²) >= 11 is 6.42. The van der Waals surface area contributed by atoms with Crippen LogP contribution < -0.4 is 5.32 Å². The Hall–Kier alpha value is -3.15. The molecule has 3 aromatic carbocycles. The molecule has 0 saturated heterocycles. The number of carbonyl (C=O) groups excluding carboxylic acids is 1. The first-order chi connectivity index (χ1) is 20.4. The zero-order valence-corrected chi connectivity index (χ0v) is 26.1. The fourth-order valence-electron chi connectivity index (χ4n) is 6.38. The van der Waals surface area contributed by atoms with Crippen molar-refractivity contribution in [1.29, 1.82) is 0 Å². The Morgan fingerprint density at radius 1 is 1.02 bits per heavy atom. The van der Waals surface area contributed by atoms with E-state index in [0.717, 1.165) is 53.4 Å². The molecule has 4 aromatic rings. The number of carbonyl (C=O) groups is 1. The van der Waals surface area contributed by atoms with Crippen molar-refractivity contribution in [2.45, 2.75) is 71.9 Å². The molecule has 222 valence electrons. The molecule has 1 atom stereocenters. The monoisotopic (exact) mass is 584 g/mol. The summed E-state index contributed by atoms with van der Waals surface area (Å²) in [4.78, 5) is 21.5. The van der Waals surface area contributed by atoms with Crippen molar-refractivity contribution in [1.82, 2.24) is 19.8 Å². The van der Waals surface area contributed by atoms with E-state index in [-0.39, 0.29) is 17.9 Å². The summed E-state index contributed by atoms with van der Waals surface area (Å²) in [7, 11) is 0. The average molecular weight is 585 g/mol. The van der Waals surface area contributed by atoms with E-state index in [1.165, 1.54) is 37.7 Å². The van der Waals surface area contributed by atoms with Gasteiger partial charge < -0.3 is 14.8 Å². The van der Waals surface area contributed by atoms with Crippen molar-refractivity contribution in [2.75, 3.05) is 19.6 Å². The van der Waals surface area contributed by atoms with E-state index < -0.39 is 0 Å². The topological polar surface area (TPSA) is 50.2 Å². The van der Waals surface area contributed by atoms with E-state index in [0.29, 0.717) is 18.1 Å². The molecule has 5 nitrogen and oxygen atoms in total. The van der Waals surface area contributed by atoms with Gasteiger partial charge in [-0.2, -0.15) is 0 Å². The van der Waals surface area contributed by atoms with Gasteiger partial charge in [0.1, 0.15) is 5.82 Å². The summed E-state index contributed by atoms with van der Waals surface area (Å²) in [5, 5.41) is 4.37. The van der Waals surface area contributed by atoms with Crippen LogP contribution in [0.15, 0.2) is 72.8 Å². The van der Waals surface area contributed by atoms with E-state index in [4.69, 9.17) is 16.6 Å². The van der Waals surface area contributed by atoms with Gasteiger partial charge in [-0.1, -0.05) is 92.7 Å². The second-order valence-corrected chi connectivity index (χ2v) is 12.7. The van der Waals surface area contributed by atoms with Crippen LogP contribution in [0.1, 0.15) is 85.7 Å². The number of halogens is 1. The molecule has 5 rings (SSSR count). The number of hydrogen-bond acceptors (Lipinski definition) is 3. The highest BCUT2D eigenvalue weighted by atomic mass is 35.5. The number of aryl methyl sites for hydroxylation is 1. The van der Waals surface area contributed by atoms with E-state index in [9.17, 15) is 4.79 Å². The fourth-order valence-corrected chi connectivity index (χ4v) is 6.54. The van der Waals surface area contributed by atoms with Crippen LogP contribution in [0.4, 0.5) is 0 Å². The van der Waals surface area contributed by atoms with Crippen molar-refractivity contribution >= 4 is 28.5 Å². The largest absolute Gasteiger partial charge is 0.328 e.